The van der Waals surface area contributed by atoms with E-state index in [-0.39, 0.29) is 5.91 Å². The van der Waals surface area contributed by atoms with Crippen LogP contribution in [0.3, 0.4) is 0 Å². The fourth-order valence-electron chi connectivity index (χ4n) is 1.81. The van der Waals surface area contributed by atoms with E-state index in [1.54, 1.807) is 24.9 Å². The van der Waals surface area contributed by atoms with Crippen LogP contribution in [0, 0.1) is 0 Å². The van der Waals surface area contributed by atoms with Gasteiger partial charge in [0.1, 0.15) is 5.75 Å². The largest absolute Gasteiger partial charge is 0.496 e. The number of ether oxygens (including phenoxy) is 2. The van der Waals surface area contributed by atoms with Crippen molar-refractivity contribution in [3.05, 3.63) is 23.8 Å². The second-order valence-corrected chi connectivity index (χ2v) is 5.52. The number of carbonyl (C=O) groups excluding carboxylic acids is 1. The van der Waals surface area contributed by atoms with Gasteiger partial charge in [0.05, 0.1) is 12.7 Å². The Balaban J connectivity index is 2.38. The third-order valence-corrected chi connectivity index (χ3v) is 3.77. The average Bonchev–Trinajstić information content (AvgIpc) is 2.53. The molecule has 0 bridgehead atoms. The van der Waals surface area contributed by atoms with E-state index in [0.29, 0.717) is 24.5 Å². The van der Waals surface area contributed by atoms with Gasteiger partial charge in [-0.25, -0.2) is 0 Å². The van der Waals surface area contributed by atoms with Crippen LogP contribution >= 0.6 is 11.8 Å². The molecule has 1 N–H and O–H groups in total. The smallest absolute Gasteiger partial charge is 0.255 e. The van der Waals surface area contributed by atoms with E-state index in [4.69, 9.17) is 9.47 Å². The molecule has 1 aromatic rings. The number of thioether (sulfide) groups is 1. The van der Waals surface area contributed by atoms with E-state index in [1.807, 2.05) is 18.4 Å². The summed E-state index contributed by atoms with van der Waals surface area (Å²) in [5, 5.41) is 2.90. The molecule has 0 aromatic heterocycles. The summed E-state index contributed by atoms with van der Waals surface area (Å²) in [5.74, 6) is 0.506. The van der Waals surface area contributed by atoms with Crippen LogP contribution in [0.5, 0.6) is 5.75 Å². The summed E-state index contributed by atoms with van der Waals surface area (Å²) in [5.41, 5.74) is 0.571. The van der Waals surface area contributed by atoms with Crippen LogP contribution in [0.25, 0.3) is 0 Å². The molecule has 0 atom stereocenters. The Morgan fingerprint density at radius 3 is 2.71 bits per heavy atom. The van der Waals surface area contributed by atoms with Crippen LogP contribution in [0.4, 0.5) is 0 Å². The van der Waals surface area contributed by atoms with Gasteiger partial charge in [-0.1, -0.05) is 13.3 Å². The summed E-state index contributed by atoms with van der Waals surface area (Å²) in [4.78, 5) is 13.2. The predicted molar refractivity (Wildman–Crippen MR) is 87.5 cm³/mol. The minimum Gasteiger partial charge on any atom is -0.496 e. The molecule has 0 unspecified atom stereocenters. The third kappa shape index (κ3) is 6.40. The first-order valence-corrected chi connectivity index (χ1v) is 8.53. The van der Waals surface area contributed by atoms with Gasteiger partial charge >= 0.3 is 0 Å². The standard InChI is InChI=1S/C16H25NO3S/c1-4-5-10-20-11-6-9-17-16(18)14-8-7-13(21-3)12-15(14)19-2/h7-8,12H,4-6,9-11H2,1-3H3,(H,17,18). The van der Waals surface area contributed by atoms with Crippen LogP contribution in [0.2, 0.25) is 0 Å². The number of rotatable bonds is 10. The molecule has 1 rings (SSSR count). The van der Waals surface area contributed by atoms with Gasteiger partial charge in [0.15, 0.2) is 0 Å². The zero-order chi connectivity index (χ0) is 15.5. The lowest BCUT2D eigenvalue weighted by atomic mass is 10.2. The van der Waals surface area contributed by atoms with Gasteiger partial charge in [0.25, 0.3) is 5.91 Å². The van der Waals surface area contributed by atoms with Crippen molar-refractivity contribution in [1.82, 2.24) is 5.32 Å². The fraction of sp³-hybridized carbons (Fsp3) is 0.562. The number of hydrogen-bond acceptors (Lipinski definition) is 4. The molecule has 0 saturated heterocycles. The Bertz CT molecular complexity index is 438. The molecule has 21 heavy (non-hydrogen) atoms. The van der Waals surface area contributed by atoms with Gasteiger partial charge in [0, 0.05) is 24.7 Å². The first kappa shape index (κ1) is 17.9. The van der Waals surface area contributed by atoms with Gasteiger partial charge in [-0.05, 0) is 37.3 Å². The van der Waals surface area contributed by atoms with E-state index >= 15 is 0 Å². The zero-order valence-electron chi connectivity index (χ0n) is 13.1. The molecule has 0 radical (unpaired) electrons. The molecule has 118 valence electrons. The monoisotopic (exact) mass is 311 g/mol. The Morgan fingerprint density at radius 1 is 1.29 bits per heavy atom. The van der Waals surface area contributed by atoms with E-state index in [1.165, 1.54) is 0 Å². The van der Waals surface area contributed by atoms with E-state index in [9.17, 15) is 4.79 Å². The lowest BCUT2D eigenvalue weighted by Crippen LogP contribution is -2.25. The maximum absolute atomic E-state index is 12.1. The van der Waals surface area contributed by atoms with Gasteiger partial charge in [0.2, 0.25) is 0 Å². The van der Waals surface area contributed by atoms with Crippen molar-refractivity contribution < 1.29 is 14.3 Å². The first-order chi connectivity index (χ1) is 10.2. The molecule has 0 heterocycles. The van der Waals surface area contributed by atoms with Crippen LogP contribution < -0.4 is 10.1 Å². The second-order valence-electron chi connectivity index (χ2n) is 4.64. The van der Waals surface area contributed by atoms with Gasteiger partial charge in [-0.3, -0.25) is 4.79 Å². The molecular formula is C16H25NO3S. The number of nitrogens with one attached hydrogen (secondary N) is 1. The fourth-order valence-corrected chi connectivity index (χ4v) is 2.23. The number of benzene rings is 1. The van der Waals surface area contributed by atoms with Crippen LogP contribution in [0.1, 0.15) is 36.5 Å². The molecule has 0 aliphatic rings. The van der Waals surface area contributed by atoms with E-state index in [2.05, 4.69) is 12.2 Å². The maximum Gasteiger partial charge on any atom is 0.255 e. The number of unbranched alkanes of at least 4 members (excludes halogenated alkanes) is 1. The van der Waals surface area contributed by atoms with Crippen molar-refractivity contribution in [3.63, 3.8) is 0 Å². The number of methoxy groups -OCH3 is 1. The molecule has 5 heteroatoms. The third-order valence-electron chi connectivity index (χ3n) is 3.05. The van der Waals surface area contributed by atoms with Crippen molar-refractivity contribution in [2.45, 2.75) is 31.1 Å². The van der Waals surface area contributed by atoms with E-state index < -0.39 is 0 Å². The Hall–Kier alpha value is -1.20. The predicted octanol–water partition coefficient (Wildman–Crippen LogP) is 3.35. The summed E-state index contributed by atoms with van der Waals surface area (Å²) in [6.07, 6.45) is 5.04. The quantitative estimate of drug-likeness (QED) is 0.532. The van der Waals surface area contributed by atoms with Crippen molar-refractivity contribution in [3.8, 4) is 5.75 Å². The van der Waals surface area contributed by atoms with Crippen LogP contribution in [-0.2, 0) is 4.74 Å². The van der Waals surface area contributed by atoms with E-state index in [0.717, 1.165) is 30.8 Å². The molecule has 0 spiro atoms. The van der Waals surface area contributed by atoms with Gasteiger partial charge < -0.3 is 14.8 Å². The lowest BCUT2D eigenvalue weighted by molar-refractivity contribution is 0.0937. The zero-order valence-corrected chi connectivity index (χ0v) is 13.9. The molecule has 4 nitrogen and oxygen atoms in total. The SMILES string of the molecule is CCCCOCCCNC(=O)c1ccc(SC)cc1OC. The Morgan fingerprint density at radius 2 is 2.05 bits per heavy atom. The highest BCUT2D eigenvalue weighted by molar-refractivity contribution is 7.98. The minimum absolute atomic E-state index is 0.104. The van der Waals surface area contributed by atoms with Gasteiger partial charge in [-0.2, -0.15) is 0 Å². The second kappa shape index (κ2) is 10.5. The number of carbonyl (C=O) groups is 1. The highest BCUT2D eigenvalue weighted by Crippen LogP contribution is 2.25. The normalized spacial score (nSPS) is 10.4. The summed E-state index contributed by atoms with van der Waals surface area (Å²) < 4.78 is 10.7. The lowest BCUT2D eigenvalue weighted by Gasteiger charge is -2.10. The maximum atomic E-state index is 12.1. The van der Waals surface area contributed by atoms with Crippen LogP contribution in [0.15, 0.2) is 23.1 Å². The van der Waals surface area contributed by atoms with Crippen molar-refractivity contribution in [1.29, 1.82) is 0 Å². The van der Waals surface area contributed by atoms with Gasteiger partial charge in [-0.15, -0.1) is 11.8 Å². The number of amides is 1. The topological polar surface area (TPSA) is 47.6 Å². The molecule has 0 aliphatic carbocycles. The average molecular weight is 311 g/mol. The highest BCUT2D eigenvalue weighted by Gasteiger charge is 2.12. The molecule has 1 aromatic carbocycles. The molecule has 0 fully saturated rings. The van der Waals surface area contributed by atoms with Crippen molar-refractivity contribution in [2.24, 2.45) is 0 Å². The molecule has 0 saturated carbocycles. The van der Waals surface area contributed by atoms with Crippen LogP contribution in [-0.4, -0.2) is 39.0 Å². The summed E-state index contributed by atoms with van der Waals surface area (Å²) in [6, 6.07) is 5.61. The molecule has 0 aliphatic heterocycles. The summed E-state index contributed by atoms with van der Waals surface area (Å²) in [7, 11) is 1.58. The Kier molecular flexibility index (Phi) is 8.94. The molecule has 1 amide bonds. The number of hydrogen-bond donors (Lipinski definition) is 1. The summed E-state index contributed by atoms with van der Waals surface area (Å²) >= 11 is 1.62. The highest BCUT2D eigenvalue weighted by atomic mass is 32.2. The summed E-state index contributed by atoms with van der Waals surface area (Å²) in [6.45, 7) is 4.23. The molecular weight excluding hydrogens is 286 g/mol. The Labute approximate surface area is 131 Å². The van der Waals surface area contributed by atoms with Crippen molar-refractivity contribution >= 4 is 17.7 Å². The van der Waals surface area contributed by atoms with Crippen molar-refractivity contribution in [2.75, 3.05) is 33.1 Å². The first-order valence-electron chi connectivity index (χ1n) is 7.30. The minimum atomic E-state index is -0.104.